The fourth-order valence-electron chi connectivity index (χ4n) is 2.46. The van der Waals surface area contributed by atoms with Crippen LogP contribution < -0.4 is 0 Å². The van der Waals surface area contributed by atoms with Crippen molar-refractivity contribution in [1.82, 2.24) is 9.80 Å². The molecule has 0 radical (unpaired) electrons. The van der Waals surface area contributed by atoms with Gasteiger partial charge in [-0.25, -0.2) is 4.79 Å². The first kappa shape index (κ1) is 16.8. The molecule has 0 aromatic carbocycles. The highest BCUT2D eigenvalue weighted by Gasteiger charge is 2.29. The van der Waals surface area contributed by atoms with Crippen LogP contribution in [0.3, 0.4) is 0 Å². The first-order valence-corrected chi connectivity index (χ1v) is 8.02. The summed E-state index contributed by atoms with van der Waals surface area (Å²) in [4.78, 5) is 39.1. The van der Waals surface area contributed by atoms with E-state index in [4.69, 9.17) is 4.74 Å². The number of hydrogen-bond donors (Lipinski definition) is 0. The van der Waals surface area contributed by atoms with E-state index < -0.39 is 5.60 Å². The van der Waals surface area contributed by atoms with Crippen LogP contribution in [0, 0.1) is 5.92 Å². The first-order valence-electron chi connectivity index (χ1n) is 8.02. The second-order valence-electron chi connectivity index (χ2n) is 7.21. The van der Waals surface area contributed by atoms with Gasteiger partial charge < -0.3 is 14.5 Å². The van der Waals surface area contributed by atoms with Crippen LogP contribution in [0.2, 0.25) is 0 Å². The minimum absolute atomic E-state index is 0.00291. The first-order chi connectivity index (χ1) is 10.2. The highest BCUT2D eigenvalue weighted by molar-refractivity contribution is 5.98. The summed E-state index contributed by atoms with van der Waals surface area (Å²) in [6.45, 7) is 7.33. The molecule has 1 saturated carbocycles. The lowest BCUT2D eigenvalue weighted by Crippen LogP contribution is -2.51. The molecule has 0 spiro atoms. The number of carbonyl (C=O) groups excluding carboxylic acids is 3. The zero-order chi connectivity index (χ0) is 16.3. The van der Waals surface area contributed by atoms with E-state index in [1.807, 2.05) is 20.8 Å². The van der Waals surface area contributed by atoms with Gasteiger partial charge in [0.2, 0.25) is 5.91 Å². The Hall–Kier alpha value is -1.59. The number of Topliss-reactive ketones (excluding diaryl/α,β-unsaturated/α-hetero) is 1. The fourth-order valence-corrected chi connectivity index (χ4v) is 2.46. The molecule has 6 heteroatoms. The van der Waals surface area contributed by atoms with Crippen molar-refractivity contribution in [3.63, 3.8) is 0 Å². The Morgan fingerprint density at radius 3 is 2.05 bits per heavy atom. The average Bonchev–Trinajstić information content (AvgIpc) is 3.20. The number of carbonyl (C=O) groups is 3. The number of hydrogen-bond acceptors (Lipinski definition) is 4. The lowest BCUT2D eigenvalue weighted by atomic mass is 10.1. The Balaban J connectivity index is 1.72. The van der Waals surface area contributed by atoms with Crippen LogP contribution in [0.1, 0.15) is 46.5 Å². The predicted octanol–water partition coefficient (Wildman–Crippen LogP) is 1.82. The van der Waals surface area contributed by atoms with Gasteiger partial charge in [0, 0.05) is 32.6 Å². The van der Waals surface area contributed by atoms with E-state index >= 15 is 0 Å². The van der Waals surface area contributed by atoms with Crippen molar-refractivity contribution >= 4 is 17.8 Å². The average molecular weight is 310 g/mol. The molecular weight excluding hydrogens is 284 g/mol. The van der Waals surface area contributed by atoms with Gasteiger partial charge in [0.15, 0.2) is 0 Å². The van der Waals surface area contributed by atoms with Crippen molar-refractivity contribution in [3.05, 3.63) is 0 Å². The number of amides is 2. The van der Waals surface area contributed by atoms with Gasteiger partial charge in [-0.15, -0.1) is 0 Å². The number of ketones is 1. The molecule has 1 saturated heterocycles. The molecule has 124 valence electrons. The summed E-state index contributed by atoms with van der Waals surface area (Å²) >= 11 is 0. The standard InChI is InChI=1S/C16H26N2O4/c1-16(2,3)22-15(21)18-8-6-17(7-9-18)14(20)11-13(19)10-12-4-5-12/h12H,4-11H2,1-3H3. The molecule has 2 rings (SSSR count). The molecular formula is C16H26N2O4. The molecule has 2 amide bonds. The molecule has 0 N–H and O–H groups in total. The van der Waals surface area contributed by atoms with Crippen molar-refractivity contribution in [2.24, 2.45) is 5.92 Å². The summed E-state index contributed by atoms with van der Waals surface area (Å²) < 4.78 is 5.32. The van der Waals surface area contributed by atoms with Crippen LogP contribution in [0.15, 0.2) is 0 Å². The van der Waals surface area contributed by atoms with Crippen LogP contribution in [0.5, 0.6) is 0 Å². The SMILES string of the molecule is CC(C)(C)OC(=O)N1CCN(C(=O)CC(=O)CC2CC2)CC1. The molecule has 2 fully saturated rings. The third-order valence-electron chi connectivity index (χ3n) is 3.85. The van der Waals surface area contributed by atoms with Crippen molar-refractivity contribution in [2.75, 3.05) is 26.2 Å². The van der Waals surface area contributed by atoms with Gasteiger partial charge in [-0.2, -0.15) is 0 Å². The van der Waals surface area contributed by atoms with Crippen molar-refractivity contribution < 1.29 is 19.1 Å². The van der Waals surface area contributed by atoms with Crippen molar-refractivity contribution in [3.8, 4) is 0 Å². The Bertz CT molecular complexity index is 444. The Morgan fingerprint density at radius 1 is 1.00 bits per heavy atom. The van der Waals surface area contributed by atoms with Gasteiger partial charge >= 0.3 is 6.09 Å². The number of rotatable bonds is 4. The summed E-state index contributed by atoms with van der Waals surface area (Å²) in [5, 5.41) is 0. The van der Waals surface area contributed by atoms with Gasteiger partial charge in [-0.1, -0.05) is 0 Å². The topological polar surface area (TPSA) is 66.9 Å². The molecule has 0 bridgehead atoms. The maximum absolute atomic E-state index is 12.1. The maximum atomic E-state index is 12.1. The molecule has 0 aromatic rings. The molecule has 1 aliphatic carbocycles. The quantitative estimate of drug-likeness (QED) is 0.743. The maximum Gasteiger partial charge on any atom is 0.410 e. The highest BCUT2D eigenvalue weighted by atomic mass is 16.6. The molecule has 1 heterocycles. The molecule has 1 aliphatic heterocycles. The molecule has 6 nitrogen and oxygen atoms in total. The summed E-state index contributed by atoms with van der Waals surface area (Å²) in [7, 11) is 0. The number of piperazine rings is 1. The summed E-state index contributed by atoms with van der Waals surface area (Å²) in [5.74, 6) is 0.445. The second-order valence-corrected chi connectivity index (χ2v) is 7.21. The van der Waals surface area contributed by atoms with E-state index in [-0.39, 0.29) is 24.2 Å². The normalized spacial score (nSPS) is 19.0. The number of nitrogens with zero attached hydrogens (tertiary/aromatic N) is 2. The molecule has 0 unspecified atom stereocenters. The second kappa shape index (κ2) is 6.67. The third-order valence-corrected chi connectivity index (χ3v) is 3.85. The summed E-state index contributed by atoms with van der Waals surface area (Å²) in [5.41, 5.74) is -0.515. The highest BCUT2D eigenvalue weighted by Crippen LogP contribution is 2.32. The van der Waals surface area contributed by atoms with Crippen LogP contribution >= 0.6 is 0 Å². The van der Waals surface area contributed by atoms with Gasteiger partial charge in [-0.05, 0) is 39.5 Å². The fraction of sp³-hybridized carbons (Fsp3) is 0.812. The third kappa shape index (κ3) is 5.31. The number of ether oxygens (including phenoxy) is 1. The minimum atomic E-state index is -0.515. The van der Waals surface area contributed by atoms with Gasteiger partial charge in [0.05, 0.1) is 6.42 Å². The lowest BCUT2D eigenvalue weighted by molar-refractivity contribution is -0.136. The van der Waals surface area contributed by atoms with Crippen LogP contribution in [0.25, 0.3) is 0 Å². The smallest absolute Gasteiger partial charge is 0.410 e. The van der Waals surface area contributed by atoms with E-state index in [0.29, 0.717) is 38.5 Å². The zero-order valence-electron chi connectivity index (χ0n) is 13.8. The monoisotopic (exact) mass is 310 g/mol. The minimum Gasteiger partial charge on any atom is -0.444 e. The molecule has 22 heavy (non-hydrogen) atoms. The molecule has 0 aromatic heterocycles. The van der Waals surface area contributed by atoms with Crippen molar-refractivity contribution in [2.45, 2.75) is 52.1 Å². The van der Waals surface area contributed by atoms with E-state index in [2.05, 4.69) is 0 Å². The van der Waals surface area contributed by atoms with E-state index in [9.17, 15) is 14.4 Å². The Kier molecular flexibility index (Phi) is 5.08. The van der Waals surface area contributed by atoms with Crippen LogP contribution in [-0.2, 0) is 14.3 Å². The predicted molar refractivity (Wildman–Crippen MR) is 81.4 cm³/mol. The summed E-state index contributed by atoms with van der Waals surface area (Å²) in [6, 6.07) is 0. The van der Waals surface area contributed by atoms with E-state index in [1.54, 1.807) is 9.80 Å². The Labute approximate surface area is 131 Å². The molecule has 2 aliphatic rings. The summed E-state index contributed by atoms with van der Waals surface area (Å²) in [6.07, 6.45) is 2.44. The van der Waals surface area contributed by atoms with Gasteiger partial charge in [0.25, 0.3) is 0 Å². The van der Waals surface area contributed by atoms with E-state index in [1.165, 1.54) is 0 Å². The Morgan fingerprint density at radius 2 is 1.55 bits per heavy atom. The van der Waals surface area contributed by atoms with Gasteiger partial charge in [0.1, 0.15) is 11.4 Å². The largest absolute Gasteiger partial charge is 0.444 e. The zero-order valence-corrected chi connectivity index (χ0v) is 13.8. The van der Waals surface area contributed by atoms with Gasteiger partial charge in [-0.3, -0.25) is 9.59 Å². The van der Waals surface area contributed by atoms with Crippen molar-refractivity contribution in [1.29, 1.82) is 0 Å². The van der Waals surface area contributed by atoms with Crippen LogP contribution in [0.4, 0.5) is 4.79 Å². The lowest BCUT2D eigenvalue weighted by Gasteiger charge is -2.35. The van der Waals surface area contributed by atoms with E-state index in [0.717, 1.165) is 12.8 Å². The molecule has 0 atom stereocenters. The van der Waals surface area contributed by atoms with Crippen LogP contribution in [-0.4, -0.2) is 59.4 Å².